The molecule has 0 fully saturated rings. The van der Waals surface area contributed by atoms with Gasteiger partial charge in [-0.2, -0.15) is 0 Å². The summed E-state index contributed by atoms with van der Waals surface area (Å²) in [7, 11) is 0. The third-order valence-corrected chi connectivity index (χ3v) is 3.53. The number of nitrogens with one attached hydrogen (secondary N) is 2. The largest absolute Gasteiger partial charge is 0.319 e. The van der Waals surface area contributed by atoms with Crippen molar-refractivity contribution in [1.29, 1.82) is 0 Å². The number of amides is 1. The second-order valence-corrected chi connectivity index (χ2v) is 5.13. The lowest BCUT2D eigenvalue weighted by Crippen LogP contribution is -2.13. The van der Waals surface area contributed by atoms with Gasteiger partial charge in [0.2, 0.25) is 5.82 Å². The summed E-state index contributed by atoms with van der Waals surface area (Å²) in [5.41, 5.74) is 1.78. The van der Waals surface area contributed by atoms with E-state index in [4.69, 9.17) is 0 Å². The fourth-order valence-corrected chi connectivity index (χ4v) is 1.90. The fourth-order valence-electron chi connectivity index (χ4n) is 1.65. The van der Waals surface area contributed by atoms with Crippen LogP contribution in [0.5, 0.6) is 0 Å². The summed E-state index contributed by atoms with van der Waals surface area (Å²) in [4.78, 5) is 16.1. The lowest BCUT2D eigenvalue weighted by molar-refractivity contribution is 0.101. The van der Waals surface area contributed by atoms with Crippen molar-refractivity contribution in [2.45, 2.75) is 26.7 Å². The smallest absolute Gasteiger partial charge is 0.295 e. The average molecular weight is 323 g/mol. The lowest BCUT2D eigenvalue weighted by atomic mass is 10.2. The van der Waals surface area contributed by atoms with Crippen molar-refractivity contribution >= 4 is 27.5 Å². The Bertz CT molecular complexity index is 594. The molecule has 1 amide bonds. The number of benzene rings is 1. The molecule has 6 heteroatoms. The lowest BCUT2D eigenvalue weighted by Gasteiger charge is -2.04. The van der Waals surface area contributed by atoms with Crippen LogP contribution in [-0.4, -0.2) is 21.1 Å². The van der Waals surface area contributed by atoms with Crippen LogP contribution in [0.15, 0.2) is 22.7 Å². The number of carbonyl (C=O) groups excluding carboxylic acids is 1. The van der Waals surface area contributed by atoms with Crippen LogP contribution in [0.25, 0.3) is 0 Å². The van der Waals surface area contributed by atoms with Crippen LogP contribution < -0.4 is 5.32 Å². The maximum atomic E-state index is 12.0. The molecule has 0 unspecified atom stereocenters. The van der Waals surface area contributed by atoms with E-state index in [0.717, 1.165) is 34.4 Å². The molecule has 0 saturated carbocycles. The Kier molecular flexibility index (Phi) is 4.31. The first-order chi connectivity index (χ1) is 9.10. The molecule has 0 aliphatic heterocycles. The SMILES string of the molecule is CCCc1nc(C(=O)Nc2ccc(Br)c(C)c2)n[nH]1. The van der Waals surface area contributed by atoms with Crippen LogP contribution in [0, 0.1) is 6.92 Å². The van der Waals surface area contributed by atoms with E-state index in [9.17, 15) is 4.79 Å². The van der Waals surface area contributed by atoms with Gasteiger partial charge in [-0.3, -0.25) is 9.89 Å². The summed E-state index contributed by atoms with van der Waals surface area (Å²) in [5.74, 6) is 0.601. The molecule has 100 valence electrons. The van der Waals surface area contributed by atoms with Gasteiger partial charge in [-0.1, -0.05) is 22.9 Å². The highest BCUT2D eigenvalue weighted by Crippen LogP contribution is 2.20. The molecule has 2 N–H and O–H groups in total. The Balaban J connectivity index is 2.09. The van der Waals surface area contributed by atoms with E-state index in [1.807, 2.05) is 32.0 Å². The van der Waals surface area contributed by atoms with E-state index in [1.165, 1.54) is 0 Å². The number of halogens is 1. The molecular weight excluding hydrogens is 308 g/mol. The summed E-state index contributed by atoms with van der Waals surface area (Å²) in [6.07, 6.45) is 1.75. The molecule has 1 aromatic carbocycles. The minimum absolute atomic E-state index is 0.170. The zero-order valence-corrected chi connectivity index (χ0v) is 12.4. The van der Waals surface area contributed by atoms with Crippen LogP contribution in [0.4, 0.5) is 5.69 Å². The second kappa shape index (κ2) is 5.97. The van der Waals surface area contributed by atoms with Gasteiger partial charge in [-0.25, -0.2) is 4.98 Å². The molecule has 0 aliphatic carbocycles. The molecule has 0 radical (unpaired) electrons. The molecule has 1 heterocycles. The molecule has 0 saturated heterocycles. The molecule has 0 atom stereocenters. The van der Waals surface area contributed by atoms with Gasteiger partial charge in [0.05, 0.1) is 0 Å². The number of anilines is 1. The molecule has 0 spiro atoms. The van der Waals surface area contributed by atoms with E-state index < -0.39 is 0 Å². The number of aromatic amines is 1. The number of aromatic nitrogens is 3. The van der Waals surface area contributed by atoms with E-state index >= 15 is 0 Å². The van der Waals surface area contributed by atoms with Crippen LogP contribution in [0.2, 0.25) is 0 Å². The Labute approximate surface area is 120 Å². The maximum Gasteiger partial charge on any atom is 0.295 e. The first-order valence-corrected chi connectivity index (χ1v) is 6.88. The number of carbonyl (C=O) groups is 1. The van der Waals surface area contributed by atoms with Crippen LogP contribution in [-0.2, 0) is 6.42 Å². The maximum absolute atomic E-state index is 12.0. The van der Waals surface area contributed by atoms with Crippen LogP contribution in [0.3, 0.4) is 0 Å². The van der Waals surface area contributed by atoms with E-state index in [-0.39, 0.29) is 11.7 Å². The zero-order valence-electron chi connectivity index (χ0n) is 10.8. The van der Waals surface area contributed by atoms with Gasteiger partial charge in [-0.15, -0.1) is 5.10 Å². The van der Waals surface area contributed by atoms with Crippen molar-refractivity contribution in [2.75, 3.05) is 5.32 Å². The van der Waals surface area contributed by atoms with Gasteiger partial charge >= 0.3 is 0 Å². The standard InChI is InChI=1S/C13H15BrN4O/c1-3-4-11-16-12(18-17-11)13(19)15-9-5-6-10(14)8(2)7-9/h5-7H,3-4H2,1-2H3,(H,15,19)(H,16,17,18). The predicted molar refractivity (Wildman–Crippen MR) is 77.2 cm³/mol. The Morgan fingerprint density at radius 1 is 1.47 bits per heavy atom. The minimum Gasteiger partial charge on any atom is -0.319 e. The number of H-pyrrole nitrogens is 1. The normalized spacial score (nSPS) is 10.5. The molecule has 2 rings (SSSR count). The quantitative estimate of drug-likeness (QED) is 0.908. The molecule has 19 heavy (non-hydrogen) atoms. The van der Waals surface area contributed by atoms with Crippen LogP contribution >= 0.6 is 15.9 Å². The average Bonchev–Trinajstić information content (AvgIpc) is 2.83. The number of hydrogen-bond acceptors (Lipinski definition) is 3. The number of aryl methyl sites for hydroxylation is 2. The highest BCUT2D eigenvalue weighted by Gasteiger charge is 2.12. The van der Waals surface area contributed by atoms with Crippen molar-refractivity contribution in [3.05, 3.63) is 39.9 Å². The number of nitrogens with zero attached hydrogens (tertiary/aromatic N) is 2. The van der Waals surface area contributed by atoms with Gasteiger partial charge in [0.25, 0.3) is 5.91 Å². The molecule has 0 bridgehead atoms. The number of rotatable bonds is 4. The van der Waals surface area contributed by atoms with Crippen molar-refractivity contribution in [3.8, 4) is 0 Å². The monoisotopic (exact) mass is 322 g/mol. The fraction of sp³-hybridized carbons (Fsp3) is 0.308. The van der Waals surface area contributed by atoms with Gasteiger partial charge in [-0.05, 0) is 37.1 Å². The second-order valence-electron chi connectivity index (χ2n) is 4.27. The molecule has 5 nitrogen and oxygen atoms in total. The molecule has 0 aliphatic rings. The third-order valence-electron chi connectivity index (χ3n) is 2.64. The highest BCUT2D eigenvalue weighted by atomic mass is 79.9. The van der Waals surface area contributed by atoms with Crippen molar-refractivity contribution in [2.24, 2.45) is 0 Å². The Hall–Kier alpha value is -1.69. The Morgan fingerprint density at radius 3 is 2.95 bits per heavy atom. The zero-order chi connectivity index (χ0) is 13.8. The Morgan fingerprint density at radius 2 is 2.26 bits per heavy atom. The van der Waals surface area contributed by atoms with Gasteiger partial charge in [0.1, 0.15) is 5.82 Å². The molecule has 1 aromatic heterocycles. The van der Waals surface area contributed by atoms with Crippen molar-refractivity contribution in [3.63, 3.8) is 0 Å². The van der Waals surface area contributed by atoms with Gasteiger partial charge < -0.3 is 5.32 Å². The van der Waals surface area contributed by atoms with Gasteiger partial charge in [0, 0.05) is 16.6 Å². The molecular formula is C13H15BrN4O. The van der Waals surface area contributed by atoms with Crippen LogP contribution in [0.1, 0.15) is 35.4 Å². The molecule has 2 aromatic rings. The highest BCUT2D eigenvalue weighted by molar-refractivity contribution is 9.10. The van der Waals surface area contributed by atoms with E-state index in [2.05, 4.69) is 36.4 Å². The minimum atomic E-state index is -0.305. The van der Waals surface area contributed by atoms with E-state index in [0.29, 0.717) is 0 Å². The summed E-state index contributed by atoms with van der Waals surface area (Å²) >= 11 is 3.42. The van der Waals surface area contributed by atoms with Gasteiger partial charge in [0.15, 0.2) is 0 Å². The summed E-state index contributed by atoms with van der Waals surface area (Å²) in [6, 6.07) is 5.61. The van der Waals surface area contributed by atoms with Crippen molar-refractivity contribution in [1.82, 2.24) is 15.2 Å². The van der Waals surface area contributed by atoms with Crippen molar-refractivity contribution < 1.29 is 4.79 Å². The third kappa shape index (κ3) is 3.41. The predicted octanol–water partition coefficient (Wildman–Crippen LogP) is 3.08. The topological polar surface area (TPSA) is 70.7 Å². The summed E-state index contributed by atoms with van der Waals surface area (Å²) < 4.78 is 1.01. The number of hydrogen-bond donors (Lipinski definition) is 2. The first kappa shape index (κ1) is 13.7. The summed E-state index contributed by atoms with van der Waals surface area (Å²) in [5, 5.41) is 9.45. The first-order valence-electron chi connectivity index (χ1n) is 6.09. The van der Waals surface area contributed by atoms with E-state index in [1.54, 1.807) is 0 Å². The summed E-state index contributed by atoms with van der Waals surface area (Å²) in [6.45, 7) is 4.01.